The van der Waals surface area contributed by atoms with E-state index < -0.39 is 43.4 Å². The number of rotatable bonds is 3. The standard InChI is InChI=1S/C18H14Cl2F4N2O3S/c19-13-5-4-11(10-12(13)18(22,23)24)30(28,29)26-8-6-25(7-9-26)17(27)16-14(20)2-1-3-15(16)21/h1-5,10H,6-9H2. The second-order valence-electron chi connectivity index (χ2n) is 6.43. The molecule has 3 rings (SSSR count). The number of piperazine rings is 1. The fourth-order valence-corrected chi connectivity index (χ4v) is 4.94. The van der Waals surface area contributed by atoms with Crippen molar-refractivity contribution in [1.82, 2.24) is 9.21 Å². The number of carbonyl (C=O) groups excluding carboxylic acids is 1. The van der Waals surface area contributed by atoms with E-state index in [1.807, 2.05) is 0 Å². The van der Waals surface area contributed by atoms with Gasteiger partial charge >= 0.3 is 6.18 Å². The molecule has 2 aromatic carbocycles. The van der Waals surface area contributed by atoms with Crippen molar-refractivity contribution in [1.29, 1.82) is 0 Å². The molecule has 5 nitrogen and oxygen atoms in total. The van der Waals surface area contributed by atoms with E-state index in [-0.39, 0.29) is 36.8 Å². The fourth-order valence-electron chi connectivity index (χ4n) is 3.02. The van der Waals surface area contributed by atoms with Crippen LogP contribution >= 0.6 is 23.2 Å². The van der Waals surface area contributed by atoms with Crippen molar-refractivity contribution in [2.24, 2.45) is 0 Å². The Bertz CT molecular complexity index is 1070. The molecule has 0 radical (unpaired) electrons. The third-order valence-electron chi connectivity index (χ3n) is 4.58. The molecule has 1 fully saturated rings. The number of sulfonamides is 1. The van der Waals surface area contributed by atoms with Gasteiger partial charge in [0.1, 0.15) is 5.82 Å². The first kappa shape index (κ1) is 22.8. The third-order valence-corrected chi connectivity index (χ3v) is 7.12. The summed E-state index contributed by atoms with van der Waals surface area (Å²) in [6.07, 6.45) is -4.81. The Balaban J connectivity index is 1.78. The Labute approximate surface area is 179 Å². The zero-order valence-electron chi connectivity index (χ0n) is 15.1. The van der Waals surface area contributed by atoms with Crippen LogP contribution in [-0.2, 0) is 16.2 Å². The smallest absolute Gasteiger partial charge is 0.336 e. The van der Waals surface area contributed by atoms with Crippen LogP contribution in [0.5, 0.6) is 0 Å². The first-order chi connectivity index (χ1) is 13.9. The highest BCUT2D eigenvalue weighted by Crippen LogP contribution is 2.36. The molecule has 0 bridgehead atoms. The predicted octanol–water partition coefficient (Wildman–Crippen LogP) is 4.30. The molecule has 0 aliphatic carbocycles. The van der Waals surface area contributed by atoms with Gasteiger partial charge in [0.2, 0.25) is 10.0 Å². The van der Waals surface area contributed by atoms with Crippen LogP contribution in [0.3, 0.4) is 0 Å². The van der Waals surface area contributed by atoms with Gasteiger partial charge in [0.05, 0.1) is 26.1 Å². The van der Waals surface area contributed by atoms with Gasteiger partial charge < -0.3 is 4.90 Å². The summed E-state index contributed by atoms with van der Waals surface area (Å²) >= 11 is 11.4. The van der Waals surface area contributed by atoms with E-state index in [1.165, 1.54) is 17.0 Å². The van der Waals surface area contributed by atoms with Gasteiger partial charge in [-0.1, -0.05) is 29.3 Å². The summed E-state index contributed by atoms with van der Waals surface area (Å²) in [7, 11) is -4.26. The number of carbonyl (C=O) groups is 1. The molecule has 1 amide bonds. The van der Waals surface area contributed by atoms with E-state index in [0.717, 1.165) is 22.5 Å². The van der Waals surface area contributed by atoms with E-state index >= 15 is 0 Å². The van der Waals surface area contributed by atoms with Crippen LogP contribution in [0.1, 0.15) is 15.9 Å². The SMILES string of the molecule is O=C(c1c(F)cccc1Cl)N1CCN(S(=O)(=O)c2ccc(Cl)c(C(F)(F)F)c2)CC1. The molecule has 0 spiro atoms. The Morgan fingerprint density at radius 1 is 0.967 bits per heavy atom. The molecule has 162 valence electrons. The van der Waals surface area contributed by atoms with E-state index in [1.54, 1.807) is 0 Å². The van der Waals surface area contributed by atoms with Crippen LogP contribution in [0.2, 0.25) is 10.0 Å². The second-order valence-corrected chi connectivity index (χ2v) is 9.18. The maximum absolute atomic E-state index is 14.0. The quantitative estimate of drug-likeness (QED) is 0.610. The number of nitrogens with zero attached hydrogens (tertiary/aromatic N) is 2. The highest BCUT2D eigenvalue weighted by Gasteiger charge is 2.36. The van der Waals surface area contributed by atoms with Crippen molar-refractivity contribution in [2.75, 3.05) is 26.2 Å². The number of hydrogen-bond donors (Lipinski definition) is 0. The molecule has 2 aromatic rings. The van der Waals surface area contributed by atoms with E-state index in [9.17, 15) is 30.8 Å². The average molecular weight is 485 g/mol. The Kier molecular flexibility index (Phi) is 6.33. The highest BCUT2D eigenvalue weighted by atomic mass is 35.5. The number of halogens is 6. The summed E-state index contributed by atoms with van der Waals surface area (Å²) in [5.41, 5.74) is -1.57. The maximum Gasteiger partial charge on any atom is 0.417 e. The lowest BCUT2D eigenvalue weighted by atomic mass is 10.1. The van der Waals surface area contributed by atoms with Gasteiger partial charge in [0.15, 0.2) is 0 Å². The van der Waals surface area contributed by atoms with Crippen LogP contribution in [0, 0.1) is 5.82 Å². The molecular weight excluding hydrogens is 471 g/mol. The number of hydrogen-bond acceptors (Lipinski definition) is 3. The van der Waals surface area contributed by atoms with Crippen LogP contribution in [0.15, 0.2) is 41.3 Å². The summed E-state index contributed by atoms with van der Waals surface area (Å²) in [4.78, 5) is 13.2. The number of alkyl halides is 3. The number of benzene rings is 2. The van der Waals surface area contributed by atoms with Crippen LogP contribution in [0.25, 0.3) is 0 Å². The molecule has 1 saturated heterocycles. The zero-order valence-corrected chi connectivity index (χ0v) is 17.4. The lowest BCUT2D eigenvalue weighted by Gasteiger charge is -2.34. The van der Waals surface area contributed by atoms with Crippen molar-refractivity contribution in [3.63, 3.8) is 0 Å². The molecule has 0 unspecified atom stereocenters. The van der Waals surface area contributed by atoms with Gasteiger partial charge in [-0.2, -0.15) is 17.5 Å². The minimum atomic E-state index is -4.81. The lowest BCUT2D eigenvalue weighted by molar-refractivity contribution is -0.137. The largest absolute Gasteiger partial charge is 0.417 e. The Morgan fingerprint density at radius 2 is 1.60 bits per heavy atom. The van der Waals surface area contributed by atoms with Crippen molar-refractivity contribution in [2.45, 2.75) is 11.1 Å². The normalized spacial score (nSPS) is 16.0. The summed E-state index contributed by atoms with van der Waals surface area (Å²) in [5, 5.41) is -0.686. The van der Waals surface area contributed by atoms with E-state index in [4.69, 9.17) is 23.2 Å². The van der Waals surface area contributed by atoms with Crippen molar-refractivity contribution >= 4 is 39.1 Å². The molecule has 30 heavy (non-hydrogen) atoms. The van der Waals surface area contributed by atoms with Gasteiger partial charge in [0.25, 0.3) is 5.91 Å². The summed E-state index contributed by atoms with van der Waals surface area (Å²) in [6, 6.07) is 6.13. The molecule has 0 N–H and O–H groups in total. The molecular formula is C18H14Cl2F4N2O3S. The number of amides is 1. The van der Waals surface area contributed by atoms with Crippen LogP contribution < -0.4 is 0 Å². The highest BCUT2D eigenvalue weighted by molar-refractivity contribution is 7.89. The second kappa shape index (κ2) is 8.33. The van der Waals surface area contributed by atoms with Crippen molar-refractivity contribution in [3.05, 3.63) is 63.4 Å². The molecule has 0 atom stereocenters. The van der Waals surface area contributed by atoms with Crippen LogP contribution in [-0.4, -0.2) is 49.7 Å². The van der Waals surface area contributed by atoms with E-state index in [2.05, 4.69) is 0 Å². The summed E-state index contributed by atoms with van der Waals surface area (Å²) in [6.45, 7) is -0.515. The zero-order chi connectivity index (χ0) is 22.3. The molecule has 12 heteroatoms. The maximum atomic E-state index is 14.0. The lowest BCUT2D eigenvalue weighted by Crippen LogP contribution is -2.50. The topological polar surface area (TPSA) is 57.7 Å². The van der Waals surface area contributed by atoms with Gasteiger partial charge in [-0.25, -0.2) is 12.8 Å². The average Bonchev–Trinajstić information content (AvgIpc) is 2.67. The van der Waals surface area contributed by atoms with E-state index in [0.29, 0.717) is 6.07 Å². The van der Waals surface area contributed by atoms with Gasteiger partial charge in [0, 0.05) is 26.2 Å². The third kappa shape index (κ3) is 4.41. The first-order valence-electron chi connectivity index (χ1n) is 8.53. The summed E-state index contributed by atoms with van der Waals surface area (Å²) in [5.74, 6) is -1.50. The first-order valence-corrected chi connectivity index (χ1v) is 10.7. The molecule has 0 saturated carbocycles. The van der Waals surface area contributed by atoms with Crippen LogP contribution in [0.4, 0.5) is 17.6 Å². The minimum Gasteiger partial charge on any atom is -0.336 e. The summed E-state index contributed by atoms with van der Waals surface area (Å²) < 4.78 is 79.6. The molecule has 0 aromatic heterocycles. The molecule has 1 heterocycles. The fraction of sp³-hybridized carbons (Fsp3) is 0.278. The molecule has 1 aliphatic heterocycles. The Hall–Kier alpha value is -1.88. The Morgan fingerprint density at radius 3 is 2.17 bits per heavy atom. The minimum absolute atomic E-state index is 0.0732. The van der Waals surface area contributed by atoms with Gasteiger partial charge in [-0.15, -0.1) is 0 Å². The predicted molar refractivity (Wildman–Crippen MR) is 103 cm³/mol. The monoisotopic (exact) mass is 484 g/mol. The van der Waals surface area contributed by atoms with Crippen molar-refractivity contribution in [3.8, 4) is 0 Å². The van der Waals surface area contributed by atoms with Gasteiger partial charge in [-0.3, -0.25) is 4.79 Å². The van der Waals surface area contributed by atoms with Crippen molar-refractivity contribution < 1.29 is 30.8 Å². The molecule has 1 aliphatic rings. The van der Waals surface area contributed by atoms with Gasteiger partial charge in [-0.05, 0) is 30.3 Å².